The first-order valence-electron chi connectivity index (χ1n) is 11.7. The van der Waals surface area contributed by atoms with Crippen molar-refractivity contribution in [2.75, 3.05) is 12.4 Å². The Morgan fingerprint density at radius 2 is 1.43 bits per heavy atom. The molecule has 196 valence electrons. The Morgan fingerprint density at radius 3 is 1.97 bits per heavy atom. The zero-order chi connectivity index (χ0) is 26.2. The number of rotatable bonds is 10. The number of carbonyl (C=O) groups is 1. The van der Waals surface area contributed by atoms with Crippen LogP contribution in [0, 0.1) is 11.6 Å². The molecular weight excluding hydrogens is 550 g/mol. The molecule has 1 aliphatic rings. The maximum Gasteiger partial charge on any atom is 0.338 e. The first-order chi connectivity index (χ1) is 18.0. The lowest BCUT2D eigenvalue weighted by Gasteiger charge is -2.44. The summed E-state index contributed by atoms with van der Waals surface area (Å²) in [6, 6.07) is 20.6. The van der Waals surface area contributed by atoms with Crippen LogP contribution in [0.3, 0.4) is 0 Å². The van der Waals surface area contributed by atoms with Gasteiger partial charge in [-0.05, 0) is 47.5 Å². The van der Waals surface area contributed by atoms with E-state index in [9.17, 15) is 13.6 Å². The standard InChI is InChI=1S/C28H27BrF2O6/c1-33-28-26(35-17-19-8-6-12-22(31)14-19)25(34-16-18-7-5-11-21(30)13-18)24(23(15-29)36-28)37-27(32)20-9-3-2-4-10-20/h2-14,23-26,28H,15-17H2,1H3/t23-,24-,25+,26-,28+/m1/s1. The molecule has 0 spiro atoms. The molecule has 1 aliphatic heterocycles. The lowest BCUT2D eigenvalue weighted by molar-refractivity contribution is -0.305. The van der Waals surface area contributed by atoms with Crippen LogP contribution in [0.15, 0.2) is 78.9 Å². The second-order valence-electron chi connectivity index (χ2n) is 8.48. The van der Waals surface area contributed by atoms with Gasteiger partial charge in [0.1, 0.15) is 29.9 Å². The van der Waals surface area contributed by atoms with Gasteiger partial charge < -0.3 is 23.7 Å². The molecule has 0 N–H and O–H groups in total. The van der Waals surface area contributed by atoms with E-state index in [4.69, 9.17) is 23.7 Å². The molecule has 5 atom stereocenters. The molecule has 6 nitrogen and oxygen atoms in total. The number of hydrogen-bond donors (Lipinski definition) is 0. The van der Waals surface area contributed by atoms with Gasteiger partial charge in [0, 0.05) is 12.4 Å². The molecule has 1 heterocycles. The van der Waals surface area contributed by atoms with Gasteiger partial charge in [0.05, 0.1) is 18.8 Å². The Bertz CT molecular complexity index is 1160. The Morgan fingerprint density at radius 1 is 0.838 bits per heavy atom. The lowest BCUT2D eigenvalue weighted by Crippen LogP contribution is -2.61. The van der Waals surface area contributed by atoms with Crippen molar-refractivity contribution in [1.29, 1.82) is 0 Å². The minimum atomic E-state index is -0.899. The Hall–Kier alpha value is -2.69. The van der Waals surface area contributed by atoms with Crippen LogP contribution in [0.1, 0.15) is 21.5 Å². The maximum absolute atomic E-state index is 13.8. The topological polar surface area (TPSA) is 63.2 Å². The van der Waals surface area contributed by atoms with Gasteiger partial charge in [0.25, 0.3) is 0 Å². The Labute approximate surface area is 222 Å². The van der Waals surface area contributed by atoms with Crippen molar-refractivity contribution >= 4 is 21.9 Å². The van der Waals surface area contributed by atoms with Gasteiger partial charge in [-0.2, -0.15) is 0 Å². The number of hydrogen-bond acceptors (Lipinski definition) is 6. The van der Waals surface area contributed by atoms with E-state index in [0.717, 1.165) is 0 Å². The monoisotopic (exact) mass is 576 g/mol. The summed E-state index contributed by atoms with van der Waals surface area (Å²) < 4.78 is 57.5. The minimum absolute atomic E-state index is 0.0209. The van der Waals surface area contributed by atoms with Gasteiger partial charge in [-0.25, -0.2) is 13.6 Å². The molecule has 37 heavy (non-hydrogen) atoms. The molecule has 1 saturated heterocycles. The van der Waals surface area contributed by atoms with Gasteiger partial charge in [0.15, 0.2) is 12.4 Å². The third-order valence-corrected chi connectivity index (χ3v) is 6.53. The van der Waals surface area contributed by atoms with E-state index in [1.165, 1.54) is 31.4 Å². The summed E-state index contributed by atoms with van der Waals surface area (Å²) in [5.74, 6) is -1.34. The molecule has 0 unspecified atom stereocenters. The number of alkyl halides is 1. The number of esters is 1. The van der Waals surface area contributed by atoms with E-state index >= 15 is 0 Å². The quantitative estimate of drug-likeness (QED) is 0.237. The zero-order valence-corrected chi connectivity index (χ0v) is 21.7. The molecule has 0 saturated carbocycles. The van der Waals surface area contributed by atoms with Crippen molar-refractivity contribution in [3.63, 3.8) is 0 Å². The van der Waals surface area contributed by atoms with Crippen LogP contribution in [0.5, 0.6) is 0 Å². The predicted molar refractivity (Wildman–Crippen MR) is 135 cm³/mol. The van der Waals surface area contributed by atoms with E-state index in [2.05, 4.69) is 15.9 Å². The summed E-state index contributed by atoms with van der Waals surface area (Å²) in [6.07, 6.45) is -4.12. The maximum atomic E-state index is 13.8. The van der Waals surface area contributed by atoms with Gasteiger partial charge >= 0.3 is 5.97 Å². The summed E-state index contributed by atoms with van der Waals surface area (Å²) in [7, 11) is 1.47. The average molecular weight is 577 g/mol. The fourth-order valence-electron chi connectivity index (χ4n) is 4.10. The van der Waals surface area contributed by atoms with E-state index < -0.39 is 48.3 Å². The molecule has 0 amide bonds. The largest absolute Gasteiger partial charge is 0.453 e. The van der Waals surface area contributed by atoms with Crippen LogP contribution in [0.4, 0.5) is 8.78 Å². The summed E-state index contributed by atoms with van der Waals surface area (Å²) in [5.41, 5.74) is 1.55. The number of carbonyl (C=O) groups excluding carboxylic acids is 1. The fourth-order valence-corrected chi connectivity index (χ4v) is 4.63. The first-order valence-corrected chi connectivity index (χ1v) is 12.8. The third kappa shape index (κ3) is 7.21. The molecule has 9 heteroatoms. The molecular formula is C28H27BrF2O6. The normalized spacial score (nSPS) is 23.5. The fraction of sp³-hybridized carbons (Fsp3) is 0.321. The van der Waals surface area contributed by atoms with E-state index in [0.29, 0.717) is 22.0 Å². The average Bonchev–Trinajstić information content (AvgIpc) is 2.91. The Balaban J connectivity index is 1.62. The molecule has 0 radical (unpaired) electrons. The van der Waals surface area contributed by atoms with Crippen molar-refractivity contribution in [3.05, 3.63) is 107 Å². The number of methoxy groups -OCH3 is 1. The first kappa shape index (κ1) is 27.3. The van der Waals surface area contributed by atoms with Gasteiger partial charge in [-0.3, -0.25) is 0 Å². The van der Waals surface area contributed by atoms with Crippen molar-refractivity contribution in [3.8, 4) is 0 Å². The summed E-state index contributed by atoms with van der Waals surface area (Å²) >= 11 is 3.43. The van der Waals surface area contributed by atoms with Gasteiger partial charge in [-0.1, -0.05) is 58.4 Å². The highest BCUT2D eigenvalue weighted by molar-refractivity contribution is 9.09. The van der Waals surface area contributed by atoms with Crippen LogP contribution >= 0.6 is 15.9 Å². The second-order valence-corrected chi connectivity index (χ2v) is 9.13. The van der Waals surface area contributed by atoms with E-state index in [-0.39, 0.29) is 13.2 Å². The summed E-state index contributed by atoms with van der Waals surface area (Å²) in [4.78, 5) is 13.0. The third-order valence-electron chi connectivity index (χ3n) is 5.89. The van der Waals surface area contributed by atoms with E-state index in [1.807, 2.05) is 0 Å². The van der Waals surface area contributed by atoms with Crippen LogP contribution in [-0.4, -0.2) is 49.1 Å². The summed E-state index contributed by atoms with van der Waals surface area (Å²) in [5, 5.41) is 0.316. The number of benzene rings is 3. The molecule has 3 aromatic carbocycles. The van der Waals surface area contributed by atoms with Crippen molar-refractivity contribution < 1.29 is 37.3 Å². The van der Waals surface area contributed by atoms with Crippen LogP contribution in [0.25, 0.3) is 0 Å². The molecule has 3 aromatic rings. The molecule has 1 fully saturated rings. The van der Waals surface area contributed by atoms with Gasteiger partial charge in [0.2, 0.25) is 0 Å². The van der Waals surface area contributed by atoms with Crippen LogP contribution in [0.2, 0.25) is 0 Å². The number of halogens is 3. The van der Waals surface area contributed by atoms with Gasteiger partial charge in [-0.15, -0.1) is 0 Å². The van der Waals surface area contributed by atoms with Crippen molar-refractivity contribution in [2.24, 2.45) is 0 Å². The number of ether oxygens (including phenoxy) is 5. The lowest BCUT2D eigenvalue weighted by atomic mass is 9.98. The van der Waals surface area contributed by atoms with Crippen molar-refractivity contribution in [1.82, 2.24) is 0 Å². The van der Waals surface area contributed by atoms with E-state index in [1.54, 1.807) is 54.6 Å². The molecule has 4 rings (SSSR count). The van der Waals surface area contributed by atoms with Crippen LogP contribution < -0.4 is 0 Å². The predicted octanol–water partition coefficient (Wildman–Crippen LogP) is 5.43. The highest BCUT2D eigenvalue weighted by Gasteiger charge is 2.49. The molecule has 0 aliphatic carbocycles. The summed E-state index contributed by atoms with van der Waals surface area (Å²) in [6.45, 7) is 0.0525. The highest BCUT2D eigenvalue weighted by atomic mass is 79.9. The second kappa shape index (κ2) is 13.2. The minimum Gasteiger partial charge on any atom is -0.453 e. The molecule has 0 aromatic heterocycles. The van der Waals surface area contributed by atoms with Crippen LogP contribution in [-0.2, 0) is 36.9 Å². The Kier molecular flexibility index (Phi) is 9.76. The smallest absolute Gasteiger partial charge is 0.338 e. The highest BCUT2D eigenvalue weighted by Crippen LogP contribution is 2.31. The SMILES string of the molecule is CO[C@H]1O[C@H](CBr)[C@@H](OC(=O)c2ccccc2)[C@H](OCc2cccc(F)c2)[C@H]1OCc1cccc(F)c1. The molecule has 0 bridgehead atoms. The zero-order valence-electron chi connectivity index (χ0n) is 20.1. The van der Waals surface area contributed by atoms with Crippen molar-refractivity contribution in [2.45, 2.75) is 43.9 Å².